The number of nitrogens with zero attached hydrogens (tertiary/aromatic N) is 3. The number of aromatic nitrogens is 2. The first-order chi connectivity index (χ1) is 19.4. The summed E-state index contributed by atoms with van der Waals surface area (Å²) < 4.78 is 32.2. The van der Waals surface area contributed by atoms with Crippen LogP contribution in [0, 0.1) is 13.8 Å². The molecule has 222 valence electrons. The van der Waals surface area contributed by atoms with Crippen LogP contribution in [0.25, 0.3) is 0 Å². The largest absolute Gasteiger partial charge is 0.489 e. The standard InChI is InChI=1S/C32H45N5O3S/c1-20(2)40-29-18-26(24-13-15-25(16-14-24)37(7)8)22(5)17-28(29)35-32-33-19-23(6)31(36-32)34-27-11-9-10-12-30(27)41(38,39)21(3)4/h9-12,17-21,24-25H,13-16H2,1-8H3,(H2,33,34,35,36). The molecule has 0 unspecified atom stereocenters. The van der Waals surface area contributed by atoms with Crippen LogP contribution in [-0.4, -0.2) is 54.8 Å². The zero-order valence-electron chi connectivity index (χ0n) is 25.7. The predicted octanol–water partition coefficient (Wildman–Crippen LogP) is 7.14. The Morgan fingerprint density at radius 3 is 2.24 bits per heavy atom. The number of anilines is 4. The first-order valence-corrected chi connectivity index (χ1v) is 16.1. The smallest absolute Gasteiger partial charge is 0.229 e. The first-order valence-electron chi connectivity index (χ1n) is 14.5. The summed E-state index contributed by atoms with van der Waals surface area (Å²) >= 11 is 0. The molecule has 3 aromatic rings. The van der Waals surface area contributed by atoms with Gasteiger partial charge in [0.15, 0.2) is 9.84 Å². The van der Waals surface area contributed by atoms with E-state index in [-0.39, 0.29) is 11.0 Å². The summed E-state index contributed by atoms with van der Waals surface area (Å²) in [6.45, 7) is 11.5. The number of nitrogens with one attached hydrogen (secondary N) is 2. The number of benzene rings is 2. The SMILES string of the molecule is Cc1cc(Nc2ncc(C)c(Nc3ccccc3S(=O)(=O)C(C)C)n2)c(OC(C)C)cc1C1CCC(N(C)C)CC1. The zero-order chi connectivity index (χ0) is 29.9. The van der Waals surface area contributed by atoms with E-state index < -0.39 is 15.1 Å². The number of aryl methyl sites for hydroxylation is 2. The molecular weight excluding hydrogens is 534 g/mol. The van der Waals surface area contributed by atoms with Crippen LogP contribution in [0.3, 0.4) is 0 Å². The van der Waals surface area contributed by atoms with Crippen LogP contribution in [0.2, 0.25) is 0 Å². The van der Waals surface area contributed by atoms with Crippen molar-refractivity contribution in [3.8, 4) is 5.75 Å². The Kier molecular flexibility index (Phi) is 9.59. The molecule has 2 aromatic carbocycles. The Morgan fingerprint density at radius 1 is 0.927 bits per heavy atom. The van der Waals surface area contributed by atoms with Gasteiger partial charge in [0.1, 0.15) is 11.6 Å². The van der Waals surface area contributed by atoms with Crippen molar-refractivity contribution in [2.75, 3.05) is 24.7 Å². The molecule has 41 heavy (non-hydrogen) atoms. The molecule has 2 N–H and O–H groups in total. The third kappa shape index (κ3) is 7.19. The fourth-order valence-electron chi connectivity index (χ4n) is 5.44. The maximum atomic E-state index is 13.0. The van der Waals surface area contributed by atoms with E-state index in [9.17, 15) is 8.42 Å². The molecule has 0 amide bonds. The van der Waals surface area contributed by atoms with Crippen molar-refractivity contribution in [3.63, 3.8) is 0 Å². The van der Waals surface area contributed by atoms with Gasteiger partial charge in [-0.05, 0) is 123 Å². The minimum absolute atomic E-state index is 0.00570. The highest BCUT2D eigenvalue weighted by Crippen LogP contribution is 2.40. The van der Waals surface area contributed by atoms with Crippen LogP contribution in [0.15, 0.2) is 47.5 Å². The average molecular weight is 580 g/mol. The van der Waals surface area contributed by atoms with Crippen LogP contribution >= 0.6 is 0 Å². The molecule has 9 heteroatoms. The first kappa shape index (κ1) is 30.8. The second kappa shape index (κ2) is 12.8. The van der Waals surface area contributed by atoms with Gasteiger partial charge in [0, 0.05) is 17.8 Å². The van der Waals surface area contributed by atoms with Crippen molar-refractivity contribution in [1.82, 2.24) is 14.9 Å². The highest BCUT2D eigenvalue weighted by atomic mass is 32.2. The number of hydrogen-bond donors (Lipinski definition) is 2. The van der Waals surface area contributed by atoms with E-state index in [0.29, 0.717) is 29.4 Å². The summed E-state index contributed by atoms with van der Waals surface area (Å²) in [6, 6.07) is 11.9. The summed E-state index contributed by atoms with van der Waals surface area (Å²) in [5.74, 6) is 2.23. The Bertz CT molecular complexity index is 1460. The molecule has 0 spiro atoms. The number of ether oxygens (including phenoxy) is 1. The Balaban J connectivity index is 1.63. The molecular formula is C32H45N5O3S. The maximum Gasteiger partial charge on any atom is 0.229 e. The van der Waals surface area contributed by atoms with Gasteiger partial charge >= 0.3 is 0 Å². The van der Waals surface area contributed by atoms with E-state index in [4.69, 9.17) is 9.72 Å². The normalized spacial score (nSPS) is 17.7. The lowest BCUT2D eigenvalue weighted by atomic mass is 9.80. The summed E-state index contributed by atoms with van der Waals surface area (Å²) in [4.78, 5) is 11.8. The third-order valence-electron chi connectivity index (χ3n) is 7.88. The molecule has 1 aliphatic carbocycles. The summed E-state index contributed by atoms with van der Waals surface area (Å²) in [5.41, 5.74) is 4.65. The molecule has 1 aliphatic rings. The summed E-state index contributed by atoms with van der Waals surface area (Å²) in [6.07, 6.45) is 6.47. The molecule has 4 rings (SSSR count). The van der Waals surface area contributed by atoms with Crippen LogP contribution in [0.1, 0.15) is 76.0 Å². The van der Waals surface area contributed by atoms with Gasteiger partial charge in [-0.3, -0.25) is 0 Å². The van der Waals surface area contributed by atoms with E-state index in [2.05, 4.69) is 53.7 Å². The third-order valence-corrected chi connectivity index (χ3v) is 10.1. The van der Waals surface area contributed by atoms with Crippen LogP contribution in [0.5, 0.6) is 5.75 Å². The van der Waals surface area contributed by atoms with Crippen LogP contribution < -0.4 is 15.4 Å². The quantitative estimate of drug-likeness (QED) is 0.262. The predicted molar refractivity (Wildman–Crippen MR) is 168 cm³/mol. The molecule has 0 bridgehead atoms. The van der Waals surface area contributed by atoms with Crippen molar-refractivity contribution < 1.29 is 13.2 Å². The molecule has 8 nitrogen and oxygen atoms in total. The lowest BCUT2D eigenvalue weighted by molar-refractivity contribution is 0.215. The molecule has 1 fully saturated rings. The number of sulfone groups is 1. The monoisotopic (exact) mass is 579 g/mol. The number of hydrogen-bond acceptors (Lipinski definition) is 8. The molecule has 0 saturated heterocycles. The van der Waals surface area contributed by atoms with Gasteiger partial charge in [0.2, 0.25) is 5.95 Å². The van der Waals surface area contributed by atoms with Gasteiger partial charge < -0.3 is 20.3 Å². The molecule has 0 aliphatic heterocycles. The van der Waals surface area contributed by atoms with Crippen molar-refractivity contribution in [2.24, 2.45) is 0 Å². The van der Waals surface area contributed by atoms with Gasteiger partial charge in [-0.15, -0.1) is 0 Å². The molecule has 1 heterocycles. The molecule has 0 atom stereocenters. The number of rotatable bonds is 10. The Hall–Kier alpha value is -3.17. The van der Waals surface area contributed by atoms with E-state index >= 15 is 0 Å². The van der Waals surface area contributed by atoms with Crippen LogP contribution in [0.4, 0.5) is 23.1 Å². The second-order valence-electron chi connectivity index (χ2n) is 11.9. The Labute approximate surface area is 245 Å². The molecule has 1 saturated carbocycles. The fourth-order valence-corrected chi connectivity index (χ4v) is 6.65. The number of para-hydroxylation sites is 1. The van der Waals surface area contributed by atoms with Gasteiger partial charge in [-0.25, -0.2) is 13.4 Å². The van der Waals surface area contributed by atoms with E-state index in [1.807, 2.05) is 26.8 Å². The van der Waals surface area contributed by atoms with E-state index in [0.717, 1.165) is 17.0 Å². The highest BCUT2D eigenvalue weighted by Gasteiger charge is 2.26. The minimum atomic E-state index is -3.48. The average Bonchev–Trinajstić information content (AvgIpc) is 2.92. The highest BCUT2D eigenvalue weighted by molar-refractivity contribution is 7.92. The summed E-state index contributed by atoms with van der Waals surface area (Å²) in [7, 11) is 0.862. The van der Waals surface area contributed by atoms with E-state index in [1.54, 1.807) is 38.2 Å². The molecule has 1 aromatic heterocycles. The maximum absolute atomic E-state index is 13.0. The van der Waals surface area contributed by atoms with Crippen LogP contribution in [-0.2, 0) is 9.84 Å². The van der Waals surface area contributed by atoms with Crippen molar-refractivity contribution in [1.29, 1.82) is 0 Å². The topological polar surface area (TPSA) is 96.5 Å². The fraction of sp³-hybridized carbons (Fsp3) is 0.500. The van der Waals surface area contributed by atoms with Gasteiger partial charge in [-0.1, -0.05) is 12.1 Å². The lowest BCUT2D eigenvalue weighted by Crippen LogP contribution is -2.31. The van der Waals surface area contributed by atoms with Gasteiger partial charge in [-0.2, -0.15) is 4.98 Å². The zero-order valence-corrected chi connectivity index (χ0v) is 26.5. The lowest BCUT2D eigenvalue weighted by Gasteiger charge is -2.33. The minimum Gasteiger partial charge on any atom is -0.489 e. The second-order valence-corrected chi connectivity index (χ2v) is 14.4. The van der Waals surface area contributed by atoms with Crippen molar-refractivity contribution >= 4 is 33.0 Å². The Morgan fingerprint density at radius 2 is 1.61 bits per heavy atom. The van der Waals surface area contributed by atoms with Crippen molar-refractivity contribution in [2.45, 2.75) is 95.4 Å². The molecule has 0 radical (unpaired) electrons. The van der Waals surface area contributed by atoms with Gasteiger partial charge in [0.25, 0.3) is 0 Å². The van der Waals surface area contributed by atoms with E-state index in [1.165, 1.54) is 36.8 Å². The van der Waals surface area contributed by atoms with Crippen molar-refractivity contribution in [3.05, 3.63) is 59.3 Å². The van der Waals surface area contributed by atoms with Gasteiger partial charge in [0.05, 0.1) is 27.6 Å². The summed E-state index contributed by atoms with van der Waals surface area (Å²) in [5, 5.41) is 6.08.